The second kappa shape index (κ2) is 11.7. The summed E-state index contributed by atoms with van der Waals surface area (Å²) in [6.45, 7) is 2.70. The molecule has 0 fully saturated rings. The van der Waals surface area contributed by atoms with E-state index in [1.165, 1.54) is 13.8 Å². The first kappa shape index (κ1) is 22.5. The normalized spacial score (nSPS) is 8.00. The molecule has 2 nitrogen and oxygen atoms in total. The average Bonchev–Trinajstić information content (AvgIpc) is 1.27. The monoisotopic (exact) mass is 328 g/mol. The van der Waals surface area contributed by atoms with Gasteiger partial charge in [0.25, 0.3) is 0 Å². The van der Waals surface area contributed by atoms with Gasteiger partial charge in [0, 0.05) is 0 Å². The van der Waals surface area contributed by atoms with Gasteiger partial charge in [-0.2, -0.15) is 0 Å². The molecule has 0 atom stereocenters. The van der Waals surface area contributed by atoms with Gasteiger partial charge in [-0.15, -0.1) is 5.76 Å². The van der Waals surface area contributed by atoms with Crippen molar-refractivity contribution in [3.8, 4) is 0 Å². The molecule has 0 amide bonds. The summed E-state index contributed by atoms with van der Waals surface area (Å²) in [6, 6.07) is 0. The number of hydrogen-bond acceptors (Lipinski definition) is 2. The average molecular weight is 328 g/mol. The number of rotatable bonds is 1. The Bertz CT molecular complexity index is 104. The van der Waals surface area contributed by atoms with Crippen LogP contribution in [0.2, 0.25) is 0 Å². The topological polar surface area (TPSA) is 40.1 Å². The first-order chi connectivity index (χ1) is 3.13. The minimum Gasteiger partial charge on any atom is -0.876 e. The van der Waals surface area contributed by atoms with Gasteiger partial charge in [0.2, 0.25) is 0 Å². The van der Waals surface area contributed by atoms with Crippen LogP contribution < -0.4 is 5.11 Å². The van der Waals surface area contributed by atoms with Crippen LogP contribution >= 0.6 is 0 Å². The van der Waals surface area contributed by atoms with Crippen LogP contribution in [0.25, 0.3) is 0 Å². The first-order valence-corrected chi connectivity index (χ1v) is 1.99. The van der Waals surface area contributed by atoms with Crippen LogP contribution in [-0.4, -0.2) is 5.78 Å². The van der Waals surface area contributed by atoms with Crippen molar-refractivity contribution in [2.24, 2.45) is 0 Å². The van der Waals surface area contributed by atoms with E-state index >= 15 is 0 Å². The second-order valence-electron chi connectivity index (χ2n) is 1.37. The zero-order valence-electron chi connectivity index (χ0n) is 4.70. The fourth-order valence-electron chi connectivity index (χ4n) is 0.286. The predicted molar refractivity (Wildman–Crippen MR) is 37.9 cm³/mol. The van der Waals surface area contributed by atoms with Crippen LogP contribution in [0.4, 0.5) is 0 Å². The molecule has 0 N–H and O–H groups in total. The van der Waals surface area contributed by atoms with Crippen LogP contribution in [0.15, 0.2) is 11.8 Å². The van der Waals surface area contributed by atoms with E-state index in [0.717, 1.165) is 6.08 Å². The summed E-state index contributed by atoms with van der Waals surface area (Å²) in [6.07, 6.45) is 1.06. The molecule has 0 spiro atoms. The summed E-state index contributed by atoms with van der Waals surface area (Å²) in [5.41, 5.74) is 0. The van der Waals surface area contributed by atoms with Crippen molar-refractivity contribution < 1.29 is 32.3 Å². The maximum absolute atomic E-state index is 9.98. The van der Waals surface area contributed by atoms with Gasteiger partial charge < -0.3 is 5.11 Å². The number of allylic oxidation sites excluding steroid dienone is 2. The van der Waals surface area contributed by atoms with Gasteiger partial charge in [0.15, 0.2) is 5.78 Å². The van der Waals surface area contributed by atoms with Crippen molar-refractivity contribution in [3.05, 3.63) is 11.8 Å². The Morgan fingerprint density at radius 1 is 1.30 bits per heavy atom. The standard InChI is InChI=1S/C5H8O2.2CH4.Au/c1-4(6)3-5(2)7;;;/h3,6H,1-2H3;2*1H4;/q;;;+1/p-1/b4-3-;;;. The molecule has 0 aromatic carbocycles. The molecule has 0 aliphatic carbocycles. The molecule has 10 heavy (non-hydrogen) atoms. The van der Waals surface area contributed by atoms with E-state index in [1.54, 1.807) is 0 Å². The molecule has 0 rings (SSSR count). The van der Waals surface area contributed by atoms with Gasteiger partial charge in [-0.05, 0) is 13.0 Å². The Balaban J connectivity index is -0.0000000600. The van der Waals surface area contributed by atoms with Crippen molar-refractivity contribution in [3.63, 3.8) is 0 Å². The number of hydrogen-bond donors (Lipinski definition) is 0. The van der Waals surface area contributed by atoms with E-state index in [-0.39, 0.29) is 48.8 Å². The smallest absolute Gasteiger partial charge is 0.876 e. The summed E-state index contributed by atoms with van der Waals surface area (Å²) >= 11 is 0. The second-order valence-corrected chi connectivity index (χ2v) is 1.37. The van der Waals surface area contributed by atoms with Crippen molar-refractivity contribution in [2.45, 2.75) is 28.7 Å². The van der Waals surface area contributed by atoms with Crippen LogP contribution in [0, 0.1) is 0 Å². The molecule has 0 saturated heterocycles. The SMILES string of the molecule is C.C.CC(=O)/C=C(/C)[O-].[Au+]. The number of ketones is 1. The summed E-state index contributed by atoms with van der Waals surface area (Å²) in [5.74, 6) is -0.375. The Morgan fingerprint density at radius 2 is 1.60 bits per heavy atom. The van der Waals surface area contributed by atoms with E-state index in [9.17, 15) is 9.90 Å². The third-order valence-corrected chi connectivity index (χ3v) is 0.407. The van der Waals surface area contributed by atoms with Gasteiger partial charge in [0.05, 0.1) is 0 Å². The van der Waals surface area contributed by atoms with E-state index in [1.807, 2.05) is 0 Å². The third kappa shape index (κ3) is 24.6. The third-order valence-electron chi connectivity index (χ3n) is 0.407. The molecule has 0 radical (unpaired) electrons. The van der Waals surface area contributed by atoms with Crippen molar-refractivity contribution in [1.82, 2.24) is 0 Å². The van der Waals surface area contributed by atoms with Crippen molar-refractivity contribution >= 4 is 5.78 Å². The molecule has 0 aliphatic heterocycles. The first-order valence-electron chi connectivity index (χ1n) is 1.99. The van der Waals surface area contributed by atoms with Crippen LogP contribution in [0.5, 0.6) is 0 Å². The van der Waals surface area contributed by atoms with Gasteiger partial charge >= 0.3 is 22.4 Å². The van der Waals surface area contributed by atoms with Gasteiger partial charge in [-0.25, -0.2) is 0 Å². The number of carbonyl (C=O) groups excluding carboxylic acids is 1. The molecule has 66 valence electrons. The minimum absolute atomic E-state index is 0. The summed E-state index contributed by atoms with van der Waals surface area (Å²) in [4.78, 5) is 9.98. The summed E-state index contributed by atoms with van der Waals surface area (Å²) in [5, 5.41) is 9.98. The zero-order chi connectivity index (χ0) is 5.86. The van der Waals surface area contributed by atoms with Gasteiger partial charge in [-0.3, -0.25) is 4.79 Å². The molecule has 0 unspecified atom stereocenters. The molecule has 0 aliphatic rings. The van der Waals surface area contributed by atoms with Crippen LogP contribution in [0.1, 0.15) is 28.7 Å². The van der Waals surface area contributed by atoms with Gasteiger partial charge in [-0.1, -0.05) is 21.8 Å². The quantitative estimate of drug-likeness (QED) is 0.411. The molecule has 0 saturated carbocycles. The van der Waals surface area contributed by atoms with E-state index < -0.39 is 0 Å². The molecule has 0 heterocycles. The fourth-order valence-corrected chi connectivity index (χ4v) is 0.286. The molecular weight excluding hydrogens is 313 g/mol. The van der Waals surface area contributed by atoms with Crippen LogP contribution in [-0.2, 0) is 27.2 Å². The van der Waals surface area contributed by atoms with E-state index in [0.29, 0.717) is 0 Å². The van der Waals surface area contributed by atoms with Crippen LogP contribution in [0.3, 0.4) is 0 Å². The molecular formula is C7H15AuO2. The maximum atomic E-state index is 9.98. The summed E-state index contributed by atoms with van der Waals surface area (Å²) < 4.78 is 0. The summed E-state index contributed by atoms with van der Waals surface area (Å²) in [7, 11) is 0. The minimum atomic E-state index is -0.187. The van der Waals surface area contributed by atoms with E-state index in [4.69, 9.17) is 0 Å². The zero-order valence-corrected chi connectivity index (χ0v) is 6.86. The van der Waals surface area contributed by atoms with Crippen molar-refractivity contribution in [2.75, 3.05) is 0 Å². The molecule has 0 bridgehead atoms. The van der Waals surface area contributed by atoms with E-state index in [2.05, 4.69) is 0 Å². The predicted octanol–water partition coefficient (Wildman–Crippen LogP) is 1.11. The largest absolute Gasteiger partial charge is 1.00 e. The number of carbonyl (C=O) groups is 1. The molecule has 0 aromatic rings. The fraction of sp³-hybridized carbons (Fsp3) is 0.571. The Labute approximate surface area is 78.8 Å². The maximum Gasteiger partial charge on any atom is 1.00 e. The van der Waals surface area contributed by atoms with Crippen molar-refractivity contribution in [1.29, 1.82) is 0 Å². The Kier molecular flexibility index (Phi) is 26.4. The Hall–Kier alpha value is -0.0497. The molecule has 3 heteroatoms. The Morgan fingerprint density at radius 3 is 1.60 bits per heavy atom. The molecule has 0 aromatic heterocycles. The van der Waals surface area contributed by atoms with Gasteiger partial charge in [0.1, 0.15) is 0 Å².